The Morgan fingerprint density at radius 3 is 2.82 bits per heavy atom. The Balaban J connectivity index is 1.35. The van der Waals surface area contributed by atoms with Crippen molar-refractivity contribution >= 4 is 12.0 Å². The largest absolute Gasteiger partial charge is 0.489 e. The second-order valence-corrected chi connectivity index (χ2v) is 6.89. The summed E-state index contributed by atoms with van der Waals surface area (Å²) in [7, 11) is 0. The van der Waals surface area contributed by atoms with E-state index in [0.29, 0.717) is 6.61 Å². The van der Waals surface area contributed by atoms with Crippen LogP contribution >= 0.6 is 0 Å². The van der Waals surface area contributed by atoms with Gasteiger partial charge in [0.1, 0.15) is 12.4 Å². The maximum absolute atomic E-state index is 12.6. The van der Waals surface area contributed by atoms with Gasteiger partial charge in [0, 0.05) is 49.0 Å². The van der Waals surface area contributed by atoms with E-state index in [4.69, 9.17) is 4.74 Å². The van der Waals surface area contributed by atoms with E-state index in [1.165, 1.54) is 5.69 Å². The summed E-state index contributed by atoms with van der Waals surface area (Å²) >= 11 is 0. The van der Waals surface area contributed by atoms with Crippen molar-refractivity contribution in [1.29, 1.82) is 0 Å². The second kappa shape index (κ2) is 8.13. The molecule has 0 N–H and O–H groups in total. The van der Waals surface area contributed by atoms with Crippen LogP contribution in [-0.4, -0.2) is 26.9 Å². The van der Waals surface area contributed by atoms with E-state index < -0.39 is 0 Å². The lowest BCUT2D eigenvalue weighted by Crippen LogP contribution is -2.39. The highest BCUT2D eigenvalue weighted by Crippen LogP contribution is 2.25. The molecule has 3 aromatic rings. The van der Waals surface area contributed by atoms with Crippen molar-refractivity contribution in [1.82, 2.24) is 14.5 Å². The predicted molar refractivity (Wildman–Crippen MR) is 109 cm³/mol. The number of amides is 1. The molecule has 4 rings (SSSR count). The average molecular weight is 373 g/mol. The number of fused-ring (bicyclic) bond motifs is 1. The lowest BCUT2D eigenvalue weighted by molar-refractivity contribution is -0.129. The van der Waals surface area contributed by atoms with E-state index >= 15 is 0 Å². The molecule has 0 saturated heterocycles. The first-order chi connectivity index (χ1) is 13.7. The van der Waals surface area contributed by atoms with Crippen molar-refractivity contribution in [3.63, 3.8) is 0 Å². The molecule has 1 aliphatic heterocycles. The van der Waals surface area contributed by atoms with Crippen molar-refractivity contribution in [2.75, 3.05) is 6.54 Å². The summed E-state index contributed by atoms with van der Waals surface area (Å²) in [6, 6.07) is 15.8. The van der Waals surface area contributed by atoms with Gasteiger partial charge in [-0.25, -0.2) is 0 Å². The first kappa shape index (κ1) is 18.0. The Kier molecular flexibility index (Phi) is 5.24. The molecule has 1 atom stereocenters. The summed E-state index contributed by atoms with van der Waals surface area (Å²) in [5.74, 6) is 0.828. The topological polar surface area (TPSA) is 47.4 Å². The fourth-order valence-corrected chi connectivity index (χ4v) is 3.47. The first-order valence-electron chi connectivity index (χ1n) is 9.46. The number of rotatable bonds is 5. The molecule has 3 heterocycles. The summed E-state index contributed by atoms with van der Waals surface area (Å²) < 4.78 is 7.98. The van der Waals surface area contributed by atoms with Crippen LogP contribution in [0, 0.1) is 0 Å². The maximum Gasteiger partial charge on any atom is 0.247 e. The zero-order valence-electron chi connectivity index (χ0n) is 15.9. The van der Waals surface area contributed by atoms with Gasteiger partial charge in [-0.05, 0) is 48.9 Å². The molecule has 5 nitrogen and oxygen atoms in total. The molecule has 0 bridgehead atoms. The fraction of sp³-hybridized carbons (Fsp3) is 0.217. The maximum atomic E-state index is 12.6. The van der Waals surface area contributed by atoms with Gasteiger partial charge in [-0.3, -0.25) is 9.78 Å². The Labute approximate surface area is 164 Å². The normalized spacial score (nSPS) is 16.2. The molecular weight excluding hydrogens is 350 g/mol. The van der Waals surface area contributed by atoms with Gasteiger partial charge in [0.15, 0.2) is 0 Å². The molecular formula is C23H23N3O2. The zero-order chi connectivity index (χ0) is 19.3. The van der Waals surface area contributed by atoms with Crippen LogP contribution in [0.4, 0.5) is 0 Å². The Morgan fingerprint density at radius 2 is 2.04 bits per heavy atom. The van der Waals surface area contributed by atoms with Crippen LogP contribution in [0.2, 0.25) is 0 Å². The molecule has 0 spiro atoms. The van der Waals surface area contributed by atoms with E-state index in [0.717, 1.165) is 30.0 Å². The quantitative estimate of drug-likeness (QED) is 0.633. The third-order valence-electron chi connectivity index (χ3n) is 5.05. The van der Waals surface area contributed by atoms with E-state index in [-0.39, 0.29) is 11.9 Å². The highest BCUT2D eigenvalue weighted by molar-refractivity contribution is 5.92. The summed E-state index contributed by atoms with van der Waals surface area (Å²) in [4.78, 5) is 18.6. The second-order valence-electron chi connectivity index (χ2n) is 6.89. The third kappa shape index (κ3) is 3.98. The van der Waals surface area contributed by atoms with Crippen LogP contribution < -0.4 is 4.74 Å². The van der Waals surface area contributed by atoms with Crippen molar-refractivity contribution in [3.8, 4) is 5.75 Å². The molecule has 0 saturated carbocycles. The molecule has 1 amide bonds. The van der Waals surface area contributed by atoms with Gasteiger partial charge in [0.2, 0.25) is 5.91 Å². The van der Waals surface area contributed by atoms with Gasteiger partial charge in [-0.15, -0.1) is 0 Å². The Bertz CT molecular complexity index is 961. The third-order valence-corrected chi connectivity index (χ3v) is 5.05. The number of nitrogens with zero attached hydrogens (tertiary/aromatic N) is 3. The van der Waals surface area contributed by atoms with Crippen molar-refractivity contribution in [2.45, 2.75) is 26.1 Å². The van der Waals surface area contributed by atoms with Gasteiger partial charge in [0.05, 0.1) is 6.04 Å². The number of ether oxygens (including phenoxy) is 1. The number of benzene rings is 1. The highest BCUT2D eigenvalue weighted by Gasteiger charge is 2.25. The molecule has 5 heteroatoms. The van der Waals surface area contributed by atoms with Gasteiger partial charge >= 0.3 is 0 Å². The molecule has 0 radical (unpaired) electrons. The minimum absolute atomic E-state index is 0.0388. The van der Waals surface area contributed by atoms with Crippen LogP contribution in [0.5, 0.6) is 5.75 Å². The van der Waals surface area contributed by atoms with Crippen LogP contribution in [0.3, 0.4) is 0 Å². The zero-order valence-corrected chi connectivity index (χ0v) is 15.9. The number of hydrogen-bond donors (Lipinski definition) is 0. The Hall–Kier alpha value is -3.34. The number of carbonyl (C=O) groups excluding carboxylic acids is 1. The summed E-state index contributed by atoms with van der Waals surface area (Å²) in [5, 5.41) is 0. The molecule has 0 aliphatic carbocycles. The van der Waals surface area contributed by atoms with Crippen molar-refractivity contribution < 1.29 is 9.53 Å². The first-order valence-corrected chi connectivity index (χ1v) is 9.46. The SMILES string of the molecule is C[C@H]1c2cccn2CCN1C(=O)/C=C/c1ccc(OCc2cccnc2)cc1. The fourth-order valence-electron chi connectivity index (χ4n) is 3.47. The van der Waals surface area contributed by atoms with Gasteiger partial charge in [-0.1, -0.05) is 18.2 Å². The number of carbonyl (C=O) groups is 1. The Morgan fingerprint density at radius 1 is 1.18 bits per heavy atom. The molecule has 28 heavy (non-hydrogen) atoms. The van der Waals surface area contributed by atoms with E-state index in [2.05, 4.69) is 28.7 Å². The molecule has 1 aliphatic rings. The number of hydrogen-bond acceptors (Lipinski definition) is 3. The number of aromatic nitrogens is 2. The van der Waals surface area contributed by atoms with Gasteiger partial charge in [0.25, 0.3) is 0 Å². The molecule has 142 valence electrons. The lowest BCUT2D eigenvalue weighted by atomic mass is 10.1. The number of pyridine rings is 1. The minimum Gasteiger partial charge on any atom is -0.489 e. The van der Waals surface area contributed by atoms with E-state index in [1.807, 2.05) is 53.4 Å². The van der Waals surface area contributed by atoms with Gasteiger partial charge < -0.3 is 14.2 Å². The average Bonchev–Trinajstić information content (AvgIpc) is 3.22. The van der Waals surface area contributed by atoms with Crippen LogP contribution in [0.1, 0.15) is 29.8 Å². The monoisotopic (exact) mass is 373 g/mol. The predicted octanol–water partition coefficient (Wildman–Crippen LogP) is 4.08. The van der Waals surface area contributed by atoms with Crippen LogP contribution in [0.15, 0.2) is 73.2 Å². The van der Waals surface area contributed by atoms with Crippen molar-refractivity contribution in [3.05, 3.63) is 90.0 Å². The van der Waals surface area contributed by atoms with E-state index in [9.17, 15) is 4.79 Å². The summed E-state index contributed by atoms with van der Waals surface area (Å²) in [6.07, 6.45) is 9.12. The standard InChI is InChI=1S/C23H23N3O2/c1-18-22-5-3-13-25(22)14-15-26(18)23(27)11-8-19-6-9-21(10-7-19)28-17-20-4-2-12-24-16-20/h2-13,16,18H,14-15,17H2,1H3/b11-8+/t18-/m0/s1. The summed E-state index contributed by atoms with van der Waals surface area (Å²) in [5.41, 5.74) is 3.18. The van der Waals surface area contributed by atoms with Crippen molar-refractivity contribution in [2.24, 2.45) is 0 Å². The highest BCUT2D eigenvalue weighted by atomic mass is 16.5. The summed E-state index contributed by atoms with van der Waals surface area (Å²) in [6.45, 7) is 4.13. The van der Waals surface area contributed by atoms with Gasteiger partial charge in [-0.2, -0.15) is 0 Å². The van der Waals surface area contributed by atoms with Crippen LogP contribution in [0.25, 0.3) is 6.08 Å². The lowest BCUT2D eigenvalue weighted by Gasteiger charge is -2.34. The molecule has 1 aromatic carbocycles. The smallest absolute Gasteiger partial charge is 0.247 e. The van der Waals surface area contributed by atoms with E-state index in [1.54, 1.807) is 18.5 Å². The minimum atomic E-state index is 0.0388. The molecule has 0 unspecified atom stereocenters. The van der Waals surface area contributed by atoms with Crippen LogP contribution in [-0.2, 0) is 17.9 Å². The molecule has 2 aromatic heterocycles. The molecule has 0 fully saturated rings.